The third kappa shape index (κ3) is 3.29. The molecule has 0 radical (unpaired) electrons. The van der Waals surface area contributed by atoms with E-state index in [0.29, 0.717) is 13.1 Å². The molecule has 3 rings (SSSR count). The molecule has 1 aromatic heterocycles. The average molecular weight is 318 g/mol. The molecule has 1 amide bonds. The number of aryl methyl sites for hydroxylation is 1. The number of rotatable bonds is 4. The summed E-state index contributed by atoms with van der Waals surface area (Å²) in [4.78, 5) is 16.0. The molecule has 1 aliphatic heterocycles. The van der Waals surface area contributed by atoms with E-state index in [2.05, 4.69) is 20.9 Å². The van der Waals surface area contributed by atoms with Crippen molar-refractivity contribution in [1.82, 2.24) is 15.6 Å². The summed E-state index contributed by atoms with van der Waals surface area (Å²) in [5, 5.41) is 8.48. The smallest absolute Gasteiger partial charge is 0.256 e. The van der Waals surface area contributed by atoms with Crippen LogP contribution in [0, 0.1) is 18.6 Å². The first-order valence-corrected chi connectivity index (χ1v) is 7.23. The van der Waals surface area contributed by atoms with Gasteiger partial charge in [-0.3, -0.25) is 9.78 Å². The Labute approximate surface area is 132 Å². The van der Waals surface area contributed by atoms with Crippen LogP contribution in [0.4, 0.5) is 20.2 Å². The number of nitrogens with zero attached hydrogens (tertiary/aromatic N) is 1. The minimum Gasteiger partial charge on any atom is -0.351 e. The maximum absolute atomic E-state index is 14.1. The van der Waals surface area contributed by atoms with E-state index in [-0.39, 0.29) is 23.0 Å². The molecule has 1 saturated heterocycles. The Balaban J connectivity index is 1.89. The highest BCUT2D eigenvalue weighted by Gasteiger charge is 2.24. The molecule has 1 aromatic carbocycles. The van der Waals surface area contributed by atoms with Gasteiger partial charge in [0, 0.05) is 13.1 Å². The highest BCUT2D eigenvalue weighted by Crippen LogP contribution is 2.25. The standard InChI is InChI=1S/C16H16F2N4O/c1-9-2-3-13(11(17)4-9)22-14-8-20-7-12(18)15(14)16(23)21-10-5-19-6-10/h2-4,7-8,10,19,22H,5-6H2,1H3,(H,21,23). The fourth-order valence-corrected chi connectivity index (χ4v) is 2.28. The molecule has 0 spiro atoms. The third-order valence-corrected chi connectivity index (χ3v) is 3.64. The molecule has 7 heteroatoms. The third-order valence-electron chi connectivity index (χ3n) is 3.64. The zero-order valence-electron chi connectivity index (χ0n) is 12.5. The number of carbonyl (C=O) groups excluding carboxylic acids is 1. The number of anilines is 2. The second kappa shape index (κ2) is 6.29. The van der Waals surface area contributed by atoms with E-state index >= 15 is 0 Å². The van der Waals surface area contributed by atoms with Crippen LogP contribution in [0.3, 0.4) is 0 Å². The van der Waals surface area contributed by atoms with E-state index in [1.54, 1.807) is 13.0 Å². The Morgan fingerprint density at radius 1 is 1.22 bits per heavy atom. The molecule has 0 atom stereocenters. The molecule has 2 aromatic rings. The lowest BCUT2D eigenvalue weighted by atomic mass is 10.1. The lowest BCUT2D eigenvalue weighted by molar-refractivity contribution is 0.0920. The van der Waals surface area contributed by atoms with Crippen molar-refractivity contribution in [3.8, 4) is 0 Å². The molecule has 0 saturated carbocycles. The van der Waals surface area contributed by atoms with Gasteiger partial charge in [-0.05, 0) is 24.6 Å². The van der Waals surface area contributed by atoms with E-state index < -0.39 is 17.5 Å². The molecule has 0 bridgehead atoms. The molecule has 120 valence electrons. The Kier molecular flexibility index (Phi) is 4.20. The maximum atomic E-state index is 14.1. The van der Waals surface area contributed by atoms with Crippen LogP contribution in [0.1, 0.15) is 15.9 Å². The van der Waals surface area contributed by atoms with Gasteiger partial charge in [-0.2, -0.15) is 0 Å². The quantitative estimate of drug-likeness (QED) is 0.808. The average Bonchev–Trinajstić information content (AvgIpc) is 2.46. The summed E-state index contributed by atoms with van der Waals surface area (Å²) >= 11 is 0. The molecular formula is C16H16F2N4O. The predicted molar refractivity (Wildman–Crippen MR) is 82.7 cm³/mol. The summed E-state index contributed by atoms with van der Waals surface area (Å²) in [6.45, 7) is 3.06. The van der Waals surface area contributed by atoms with Crippen LogP contribution < -0.4 is 16.0 Å². The van der Waals surface area contributed by atoms with E-state index in [0.717, 1.165) is 11.8 Å². The first kappa shape index (κ1) is 15.4. The molecule has 2 heterocycles. The van der Waals surface area contributed by atoms with Crippen molar-refractivity contribution in [2.45, 2.75) is 13.0 Å². The fourth-order valence-electron chi connectivity index (χ4n) is 2.28. The Hall–Kier alpha value is -2.54. The Morgan fingerprint density at radius 2 is 2.00 bits per heavy atom. The fraction of sp³-hybridized carbons (Fsp3) is 0.250. The number of carbonyl (C=O) groups is 1. The van der Waals surface area contributed by atoms with Crippen LogP contribution in [-0.2, 0) is 0 Å². The summed E-state index contributed by atoms with van der Waals surface area (Å²) in [5.41, 5.74) is 0.868. The van der Waals surface area contributed by atoms with Gasteiger partial charge in [0.25, 0.3) is 5.91 Å². The second-order valence-electron chi connectivity index (χ2n) is 5.48. The number of amides is 1. The number of benzene rings is 1. The first-order valence-electron chi connectivity index (χ1n) is 7.23. The summed E-state index contributed by atoms with van der Waals surface area (Å²) in [6.07, 6.45) is 2.26. The molecule has 5 nitrogen and oxygen atoms in total. The highest BCUT2D eigenvalue weighted by molar-refractivity contribution is 6.00. The molecule has 1 aliphatic rings. The Bertz CT molecular complexity index is 747. The summed E-state index contributed by atoms with van der Waals surface area (Å²) in [7, 11) is 0. The summed E-state index contributed by atoms with van der Waals surface area (Å²) in [5.74, 6) is -1.79. The zero-order chi connectivity index (χ0) is 16.4. The van der Waals surface area contributed by atoms with Gasteiger partial charge in [-0.1, -0.05) is 6.07 Å². The normalized spacial score (nSPS) is 14.2. The van der Waals surface area contributed by atoms with Crippen molar-refractivity contribution in [3.05, 3.63) is 53.4 Å². The van der Waals surface area contributed by atoms with Gasteiger partial charge < -0.3 is 16.0 Å². The van der Waals surface area contributed by atoms with Gasteiger partial charge >= 0.3 is 0 Å². The first-order chi connectivity index (χ1) is 11.0. The lowest BCUT2D eigenvalue weighted by Gasteiger charge is -2.28. The van der Waals surface area contributed by atoms with Gasteiger partial charge in [-0.15, -0.1) is 0 Å². The lowest BCUT2D eigenvalue weighted by Crippen LogP contribution is -2.57. The summed E-state index contributed by atoms with van der Waals surface area (Å²) in [6, 6.07) is 4.58. The van der Waals surface area contributed by atoms with E-state index in [1.807, 2.05) is 0 Å². The van der Waals surface area contributed by atoms with Crippen molar-refractivity contribution in [3.63, 3.8) is 0 Å². The molecular weight excluding hydrogens is 302 g/mol. The maximum Gasteiger partial charge on any atom is 0.256 e. The number of hydrogen-bond donors (Lipinski definition) is 3. The Morgan fingerprint density at radius 3 is 2.65 bits per heavy atom. The number of hydrogen-bond acceptors (Lipinski definition) is 4. The van der Waals surface area contributed by atoms with E-state index in [9.17, 15) is 13.6 Å². The van der Waals surface area contributed by atoms with Crippen molar-refractivity contribution in [2.75, 3.05) is 18.4 Å². The van der Waals surface area contributed by atoms with Gasteiger partial charge in [0.15, 0.2) is 5.82 Å². The number of aromatic nitrogens is 1. The largest absolute Gasteiger partial charge is 0.351 e. The van der Waals surface area contributed by atoms with Crippen molar-refractivity contribution < 1.29 is 13.6 Å². The summed E-state index contributed by atoms with van der Waals surface area (Å²) < 4.78 is 28.0. The van der Waals surface area contributed by atoms with Crippen molar-refractivity contribution in [2.24, 2.45) is 0 Å². The minimum absolute atomic E-state index is 0.0287. The van der Waals surface area contributed by atoms with Crippen molar-refractivity contribution >= 4 is 17.3 Å². The van der Waals surface area contributed by atoms with E-state index in [4.69, 9.17) is 0 Å². The van der Waals surface area contributed by atoms with E-state index in [1.165, 1.54) is 18.3 Å². The molecule has 1 fully saturated rings. The zero-order valence-corrected chi connectivity index (χ0v) is 12.5. The van der Waals surface area contributed by atoms with Crippen LogP contribution >= 0.6 is 0 Å². The van der Waals surface area contributed by atoms with Crippen LogP contribution in [0.25, 0.3) is 0 Å². The second-order valence-corrected chi connectivity index (χ2v) is 5.48. The molecule has 3 N–H and O–H groups in total. The number of nitrogens with one attached hydrogen (secondary N) is 3. The molecule has 23 heavy (non-hydrogen) atoms. The van der Waals surface area contributed by atoms with Crippen LogP contribution in [-0.4, -0.2) is 30.0 Å². The SMILES string of the molecule is Cc1ccc(Nc2cncc(F)c2C(=O)NC2CNC2)c(F)c1. The van der Waals surface area contributed by atoms with Crippen LogP contribution in [0.15, 0.2) is 30.6 Å². The van der Waals surface area contributed by atoms with Gasteiger partial charge in [0.2, 0.25) is 0 Å². The predicted octanol–water partition coefficient (Wildman–Crippen LogP) is 2.11. The monoisotopic (exact) mass is 318 g/mol. The van der Waals surface area contributed by atoms with Crippen molar-refractivity contribution in [1.29, 1.82) is 0 Å². The van der Waals surface area contributed by atoms with Gasteiger partial charge in [0.1, 0.15) is 11.4 Å². The van der Waals surface area contributed by atoms with Gasteiger partial charge in [-0.25, -0.2) is 8.78 Å². The molecule has 0 unspecified atom stereocenters. The minimum atomic E-state index is -0.757. The van der Waals surface area contributed by atoms with Crippen LogP contribution in [0.5, 0.6) is 0 Å². The molecule has 0 aliphatic carbocycles. The topological polar surface area (TPSA) is 66.0 Å². The highest BCUT2D eigenvalue weighted by atomic mass is 19.1. The van der Waals surface area contributed by atoms with Gasteiger partial charge in [0.05, 0.1) is 29.8 Å². The van der Waals surface area contributed by atoms with Crippen LogP contribution in [0.2, 0.25) is 0 Å². The number of halogens is 2. The number of pyridine rings is 1.